The Morgan fingerprint density at radius 3 is 2.40 bits per heavy atom. The van der Waals surface area contributed by atoms with Gasteiger partial charge in [0.05, 0.1) is 20.1 Å². The minimum Gasteiger partial charge on any atom is -0.480 e. The summed E-state index contributed by atoms with van der Waals surface area (Å²) in [5.74, 6) is -2.02. The number of amides is 1. The van der Waals surface area contributed by atoms with Crippen molar-refractivity contribution in [3.05, 3.63) is 0 Å². The quantitative estimate of drug-likeness (QED) is 0.618. The fourth-order valence-electron chi connectivity index (χ4n) is 0.788. The number of carboxylic acids is 1. The summed E-state index contributed by atoms with van der Waals surface area (Å²) in [4.78, 5) is 32.3. The predicted octanol–water partition coefficient (Wildman–Crippen LogP) is -0.251. The van der Waals surface area contributed by atoms with E-state index in [0.717, 1.165) is 7.11 Å². The Hall–Kier alpha value is -1.79. The van der Waals surface area contributed by atoms with Gasteiger partial charge in [-0.05, 0) is 6.92 Å². The van der Waals surface area contributed by atoms with Crippen LogP contribution in [-0.4, -0.2) is 42.9 Å². The Balaban J connectivity index is 4.22. The molecule has 0 aliphatic rings. The van der Waals surface area contributed by atoms with E-state index >= 15 is 0 Å². The molecular formula is C8H13NO6. The third-order valence-electron chi connectivity index (χ3n) is 1.45. The fourth-order valence-corrected chi connectivity index (χ4v) is 0.788. The Bertz CT molecular complexity index is 252. The summed E-state index contributed by atoms with van der Waals surface area (Å²) in [6.07, 6.45) is -1.34. The fraction of sp³-hybridized carbons (Fsp3) is 0.625. The standard InChI is InChI=1S/C8H13NO6/c1-3-15-6(10)4-5(7(11)12)9-8(13)14-2/h5H,3-4H2,1-2H3,(H,9,13)(H,11,12)/t5-/m1/s1. The van der Waals surface area contributed by atoms with Crippen LogP contribution in [0.4, 0.5) is 4.79 Å². The van der Waals surface area contributed by atoms with Crippen LogP contribution in [0.1, 0.15) is 13.3 Å². The number of carbonyl (C=O) groups excluding carboxylic acids is 2. The highest BCUT2D eigenvalue weighted by molar-refractivity contribution is 5.85. The molecule has 7 nitrogen and oxygen atoms in total. The zero-order valence-corrected chi connectivity index (χ0v) is 8.48. The number of rotatable bonds is 5. The van der Waals surface area contributed by atoms with E-state index in [1.165, 1.54) is 0 Å². The van der Waals surface area contributed by atoms with Crippen molar-refractivity contribution < 1.29 is 29.0 Å². The number of esters is 1. The molecule has 15 heavy (non-hydrogen) atoms. The van der Waals surface area contributed by atoms with Gasteiger partial charge in [0.15, 0.2) is 0 Å². The molecule has 0 saturated heterocycles. The third-order valence-corrected chi connectivity index (χ3v) is 1.45. The van der Waals surface area contributed by atoms with Crippen LogP contribution in [0.5, 0.6) is 0 Å². The second-order valence-electron chi connectivity index (χ2n) is 2.54. The largest absolute Gasteiger partial charge is 0.480 e. The highest BCUT2D eigenvalue weighted by Crippen LogP contribution is 1.96. The summed E-state index contributed by atoms with van der Waals surface area (Å²) in [7, 11) is 1.10. The molecule has 86 valence electrons. The number of aliphatic carboxylic acids is 1. The van der Waals surface area contributed by atoms with Crippen LogP contribution in [0.15, 0.2) is 0 Å². The van der Waals surface area contributed by atoms with Gasteiger partial charge in [-0.2, -0.15) is 0 Å². The number of nitrogens with one attached hydrogen (secondary N) is 1. The highest BCUT2D eigenvalue weighted by Gasteiger charge is 2.24. The van der Waals surface area contributed by atoms with Gasteiger partial charge in [-0.15, -0.1) is 0 Å². The summed E-state index contributed by atoms with van der Waals surface area (Å²) >= 11 is 0. The van der Waals surface area contributed by atoms with E-state index in [9.17, 15) is 14.4 Å². The van der Waals surface area contributed by atoms with Crippen LogP contribution in [0.2, 0.25) is 0 Å². The lowest BCUT2D eigenvalue weighted by Gasteiger charge is -2.12. The highest BCUT2D eigenvalue weighted by atomic mass is 16.5. The second kappa shape index (κ2) is 6.63. The molecule has 0 heterocycles. The Labute approximate surface area is 86.3 Å². The van der Waals surface area contributed by atoms with Crippen molar-refractivity contribution in [1.82, 2.24) is 5.32 Å². The molecule has 0 aliphatic carbocycles. The maximum absolute atomic E-state index is 11.0. The van der Waals surface area contributed by atoms with Crippen molar-refractivity contribution in [2.45, 2.75) is 19.4 Å². The van der Waals surface area contributed by atoms with Crippen molar-refractivity contribution >= 4 is 18.0 Å². The number of carbonyl (C=O) groups is 3. The van der Waals surface area contributed by atoms with E-state index in [0.29, 0.717) is 0 Å². The number of hydrogen-bond acceptors (Lipinski definition) is 5. The van der Waals surface area contributed by atoms with E-state index in [-0.39, 0.29) is 6.61 Å². The van der Waals surface area contributed by atoms with Gasteiger partial charge in [-0.1, -0.05) is 0 Å². The van der Waals surface area contributed by atoms with Gasteiger partial charge < -0.3 is 19.9 Å². The van der Waals surface area contributed by atoms with Gasteiger partial charge in [0.1, 0.15) is 6.04 Å². The molecule has 0 bridgehead atoms. The first kappa shape index (κ1) is 13.2. The van der Waals surface area contributed by atoms with Crippen LogP contribution >= 0.6 is 0 Å². The zero-order chi connectivity index (χ0) is 11.8. The average molecular weight is 219 g/mol. The minimum absolute atomic E-state index is 0.156. The van der Waals surface area contributed by atoms with Crippen LogP contribution < -0.4 is 5.32 Å². The van der Waals surface area contributed by atoms with Gasteiger partial charge >= 0.3 is 18.0 Å². The first-order valence-corrected chi connectivity index (χ1v) is 4.24. The van der Waals surface area contributed by atoms with Gasteiger partial charge in [0, 0.05) is 0 Å². The smallest absolute Gasteiger partial charge is 0.407 e. The lowest BCUT2D eigenvalue weighted by atomic mass is 10.2. The molecule has 0 spiro atoms. The van der Waals surface area contributed by atoms with Crippen LogP contribution in [0, 0.1) is 0 Å². The molecule has 0 aliphatic heterocycles. The van der Waals surface area contributed by atoms with E-state index in [1.807, 2.05) is 5.32 Å². The Morgan fingerprint density at radius 2 is 2.00 bits per heavy atom. The molecule has 7 heteroatoms. The van der Waals surface area contributed by atoms with Crippen LogP contribution in [-0.2, 0) is 19.1 Å². The van der Waals surface area contributed by atoms with Crippen LogP contribution in [0.3, 0.4) is 0 Å². The Morgan fingerprint density at radius 1 is 1.40 bits per heavy atom. The molecular weight excluding hydrogens is 206 g/mol. The van der Waals surface area contributed by atoms with Crippen molar-refractivity contribution in [2.24, 2.45) is 0 Å². The zero-order valence-electron chi connectivity index (χ0n) is 8.48. The molecule has 0 aromatic heterocycles. The lowest BCUT2D eigenvalue weighted by Crippen LogP contribution is -2.42. The van der Waals surface area contributed by atoms with Gasteiger partial charge in [-0.3, -0.25) is 4.79 Å². The normalized spacial score (nSPS) is 11.3. The summed E-state index contributed by atoms with van der Waals surface area (Å²) in [6, 6.07) is -1.34. The summed E-state index contributed by atoms with van der Waals surface area (Å²) in [5.41, 5.74) is 0. The SMILES string of the molecule is CCOC(=O)C[C@@H](NC(=O)OC)C(=O)O. The monoisotopic (exact) mass is 219 g/mol. The molecule has 0 rings (SSSR count). The molecule has 0 aromatic rings. The third kappa shape index (κ3) is 5.50. The van der Waals surface area contributed by atoms with Gasteiger partial charge in [-0.25, -0.2) is 9.59 Å². The first-order valence-electron chi connectivity index (χ1n) is 4.24. The summed E-state index contributed by atoms with van der Waals surface area (Å²) < 4.78 is 8.75. The molecule has 0 fully saturated rings. The first-order chi connectivity index (χ1) is 7.01. The maximum atomic E-state index is 11.0. The molecule has 1 atom stereocenters. The number of methoxy groups -OCH3 is 1. The molecule has 0 aromatic carbocycles. The van der Waals surface area contributed by atoms with Crippen molar-refractivity contribution in [3.63, 3.8) is 0 Å². The van der Waals surface area contributed by atoms with Crippen LogP contribution in [0.25, 0.3) is 0 Å². The average Bonchev–Trinajstić information content (AvgIpc) is 2.16. The molecule has 0 unspecified atom stereocenters. The Kier molecular flexibility index (Phi) is 5.84. The molecule has 2 N–H and O–H groups in total. The van der Waals surface area contributed by atoms with Crippen molar-refractivity contribution in [3.8, 4) is 0 Å². The number of ether oxygens (including phenoxy) is 2. The maximum Gasteiger partial charge on any atom is 0.407 e. The molecule has 0 saturated carbocycles. The number of hydrogen-bond donors (Lipinski definition) is 2. The second-order valence-corrected chi connectivity index (χ2v) is 2.54. The van der Waals surface area contributed by atoms with E-state index in [4.69, 9.17) is 5.11 Å². The lowest BCUT2D eigenvalue weighted by molar-refractivity contribution is -0.149. The minimum atomic E-state index is -1.34. The molecule has 1 amide bonds. The number of alkyl carbamates (subject to hydrolysis) is 1. The van der Waals surface area contributed by atoms with E-state index < -0.39 is 30.5 Å². The van der Waals surface area contributed by atoms with E-state index in [1.54, 1.807) is 6.92 Å². The van der Waals surface area contributed by atoms with Crippen molar-refractivity contribution in [2.75, 3.05) is 13.7 Å². The van der Waals surface area contributed by atoms with E-state index in [2.05, 4.69) is 9.47 Å². The topological polar surface area (TPSA) is 102 Å². The number of carboxylic acid groups (broad SMARTS) is 1. The van der Waals surface area contributed by atoms with Gasteiger partial charge in [0.2, 0.25) is 0 Å². The summed E-state index contributed by atoms with van der Waals surface area (Å²) in [6.45, 7) is 1.75. The predicted molar refractivity (Wildman–Crippen MR) is 48.2 cm³/mol. The molecule has 0 radical (unpaired) electrons. The van der Waals surface area contributed by atoms with Gasteiger partial charge in [0.25, 0.3) is 0 Å². The van der Waals surface area contributed by atoms with Crippen molar-refractivity contribution in [1.29, 1.82) is 0 Å². The summed E-state index contributed by atoms with van der Waals surface area (Å²) in [5, 5.41) is 10.7.